The van der Waals surface area contributed by atoms with E-state index in [9.17, 15) is 4.79 Å². The molecule has 0 aliphatic heterocycles. The molecule has 0 aliphatic carbocycles. The maximum atomic E-state index is 12.2. The Morgan fingerprint density at radius 3 is 2.05 bits per heavy atom. The molecule has 0 atom stereocenters. The number of nitrogens with zero attached hydrogens (tertiary/aromatic N) is 2. The Morgan fingerprint density at radius 1 is 0.857 bits per heavy atom. The molecule has 2 aromatic rings. The normalized spacial score (nSPS) is 10.2. The summed E-state index contributed by atoms with van der Waals surface area (Å²) in [5.74, 6) is 0.137. The Hall–Kier alpha value is -2.29. The number of anilines is 1. The predicted molar refractivity (Wildman–Crippen MR) is 87.4 cm³/mol. The van der Waals surface area contributed by atoms with Gasteiger partial charge in [-0.1, -0.05) is 42.5 Å². The second-order valence-corrected chi connectivity index (χ2v) is 5.47. The Morgan fingerprint density at radius 2 is 1.48 bits per heavy atom. The standard InChI is InChI=1S/C18H22N2O/c1-19(2)17-11-9-16(10-12-17)14-20(3)18(21)13-15-7-5-4-6-8-15/h4-12H,13-14H2,1-3H3. The molecule has 0 N–H and O–H groups in total. The average molecular weight is 282 g/mol. The van der Waals surface area contributed by atoms with Gasteiger partial charge >= 0.3 is 0 Å². The molecule has 110 valence electrons. The molecule has 0 aromatic heterocycles. The van der Waals surface area contributed by atoms with Crippen LogP contribution in [-0.4, -0.2) is 32.0 Å². The van der Waals surface area contributed by atoms with Crippen LogP contribution in [0.15, 0.2) is 54.6 Å². The summed E-state index contributed by atoms with van der Waals surface area (Å²) in [6, 6.07) is 18.1. The number of carbonyl (C=O) groups is 1. The lowest BCUT2D eigenvalue weighted by molar-refractivity contribution is -0.129. The number of benzene rings is 2. The summed E-state index contributed by atoms with van der Waals surface area (Å²) in [6.07, 6.45) is 0.452. The molecule has 0 spiro atoms. The van der Waals surface area contributed by atoms with Gasteiger partial charge in [0.25, 0.3) is 0 Å². The lowest BCUT2D eigenvalue weighted by Gasteiger charge is -2.18. The maximum Gasteiger partial charge on any atom is 0.227 e. The molecule has 21 heavy (non-hydrogen) atoms. The van der Waals surface area contributed by atoms with E-state index in [1.165, 1.54) is 0 Å². The maximum absolute atomic E-state index is 12.2. The zero-order valence-electron chi connectivity index (χ0n) is 12.9. The van der Waals surface area contributed by atoms with E-state index in [4.69, 9.17) is 0 Å². The van der Waals surface area contributed by atoms with E-state index in [2.05, 4.69) is 29.2 Å². The first-order chi connectivity index (χ1) is 10.1. The van der Waals surface area contributed by atoms with Gasteiger partial charge in [0.2, 0.25) is 5.91 Å². The molecule has 3 heteroatoms. The molecule has 0 unspecified atom stereocenters. The summed E-state index contributed by atoms with van der Waals surface area (Å²) in [7, 11) is 5.89. The van der Waals surface area contributed by atoms with Crippen LogP contribution in [0.4, 0.5) is 5.69 Å². The molecule has 0 radical (unpaired) electrons. The Bertz CT molecular complexity index is 576. The van der Waals surface area contributed by atoms with Crippen molar-refractivity contribution < 1.29 is 4.79 Å². The van der Waals surface area contributed by atoms with Crippen molar-refractivity contribution >= 4 is 11.6 Å². The van der Waals surface area contributed by atoms with Crippen molar-refractivity contribution in [3.05, 3.63) is 65.7 Å². The molecular weight excluding hydrogens is 260 g/mol. The van der Waals surface area contributed by atoms with Crippen molar-refractivity contribution in [2.24, 2.45) is 0 Å². The summed E-state index contributed by atoms with van der Waals surface area (Å²) >= 11 is 0. The van der Waals surface area contributed by atoms with Crippen molar-refractivity contribution in [3.8, 4) is 0 Å². The second-order valence-electron chi connectivity index (χ2n) is 5.47. The van der Waals surface area contributed by atoms with Gasteiger partial charge in [-0.25, -0.2) is 0 Å². The largest absolute Gasteiger partial charge is 0.378 e. The van der Waals surface area contributed by atoms with Crippen LogP contribution in [0.5, 0.6) is 0 Å². The van der Waals surface area contributed by atoms with Crippen LogP contribution in [0, 0.1) is 0 Å². The summed E-state index contributed by atoms with van der Waals surface area (Å²) in [6.45, 7) is 0.638. The van der Waals surface area contributed by atoms with E-state index in [1.54, 1.807) is 4.90 Å². The lowest BCUT2D eigenvalue weighted by Crippen LogP contribution is -2.27. The molecule has 3 nitrogen and oxygen atoms in total. The van der Waals surface area contributed by atoms with E-state index in [-0.39, 0.29) is 5.91 Å². The minimum atomic E-state index is 0.137. The van der Waals surface area contributed by atoms with Crippen molar-refractivity contribution in [2.75, 3.05) is 26.0 Å². The van der Waals surface area contributed by atoms with Crippen LogP contribution < -0.4 is 4.90 Å². The topological polar surface area (TPSA) is 23.6 Å². The zero-order valence-corrected chi connectivity index (χ0v) is 12.9. The molecule has 0 saturated carbocycles. The molecule has 0 aliphatic rings. The van der Waals surface area contributed by atoms with Gasteiger partial charge in [0.15, 0.2) is 0 Å². The van der Waals surface area contributed by atoms with Crippen molar-refractivity contribution in [2.45, 2.75) is 13.0 Å². The van der Waals surface area contributed by atoms with Gasteiger partial charge < -0.3 is 9.80 Å². The first-order valence-electron chi connectivity index (χ1n) is 7.10. The highest BCUT2D eigenvalue weighted by Crippen LogP contribution is 2.13. The molecule has 1 amide bonds. The van der Waals surface area contributed by atoms with Gasteiger partial charge in [0, 0.05) is 33.4 Å². The van der Waals surface area contributed by atoms with Crippen molar-refractivity contribution in [3.63, 3.8) is 0 Å². The fraction of sp³-hybridized carbons (Fsp3) is 0.278. The monoisotopic (exact) mass is 282 g/mol. The number of rotatable bonds is 5. The smallest absolute Gasteiger partial charge is 0.227 e. The minimum Gasteiger partial charge on any atom is -0.378 e. The first-order valence-corrected chi connectivity index (χ1v) is 7.10. The Balaban J connectivity index is 1.94. The molecule has 2 aromatic carbocycles. The van der Waals surface area contributed by atoms with Gasteiger partial charge in [0.05, 0.1) is 6.42 Å². The highest BCUT2D eigenvalue weighted by Gasteiger charge is 2.10. The number of likely N-dealkylation sites (N-methyl/N-ethyl adjacent to an activating group) is 1. The third-order valence-electron chi connectivity index (χ3n) is 3.50. The highest BCUT2D eigenvalue weighted by atomic mass is 16.2. The Kier molecular flexibility index (Phi) is 4.99. The van der Waals surface area contributed by atoms with Crippen LogP contribution in [-0.2, 0) is 17.8 Å². The third kappa shape index (κ3) is 4.35. The zero-order chi connectivity index (χ0) is 15.2. The van der Waals surface area contributed by atoms with Crippen LogP contribution in [0.2, 0.25) is 0 Å². The number of hydrogen-bond donors (Lipinski definition) is 0. The Labute approximate surface area is 126 Å². The predicted octanol–water partition coefficient (Wildman–Crippen LogP) is 2.95. The summed E-state index contributed by atoms with van der Waals surface area (Å²) in [5.41, 5.74) is 3.36. The number of amides is 1. The average Bonchev–Trinajstić information content (AvgIpc) is 2.48. The fourth-order valence-corrected chi connectivity index (χ4v) is 2.17. The van der Waals surface area contributed by atoms with Gasteiger partial charge in [-0.05, 0) is 23.3 Å². The number of hydrogen-bond acceptors (Lipinski definition) is 2. The summed E-state index contributed by atoms with van der Waals surface area (Å²) < 4.78 is 0. The van der Waals surface area contributed by atoms with Gasteiger partial charge in [-0.3, -0.25) is 4.79 Å². The summed E-state index contributed by atoms with van der Waals surface area (Å²) in [4.78, 5) is 16.0. The van der Waals surface area contributed by atoms with Crippen LogP contribution >= 0.6 is 0 Å². The fourth-order valence-electron chi connectivity index (χ4n) is 2.17. The third-order valence-corrected chi connectivity index (χ3v) is 3.50. The molecule has 0 bridgehead atoms. The van der Waals surface area contributed by atoms with Gasteiger partial charge in [-0.15, -0.1) is 0 Å². The molecule has 0 fully saturated rings. The minimum absolute atomic E-state index is 0.137. The van der Waals surface area contributed by atoms with Crippen LogP contribution in [0.1, 0.15) is 11.1 Å². The SMILES string of the molecule is CN(Cc1ccc(N(C)C)cc1)C(=O)Cc1ccccc1. The van der Waals surface area contributed by atoms with Crippen molar-refractivity contribution in [1.82, 2.24) is 4.90 Å². The van der Waals surface area contributed by atoms with E-state index < -0.39 is 0 Å². The lowest BCUT2D eigenvalue weighted by atomic mass is 10.1. The second kappa shape index (κ2) is 6.93. The molecular formula is C18H22N2O. The molecule has 0 heterocycles. The first kappa shape index (κ1) is 15.1. The van der Waals surface area contributed by atoms with Gasteiger partial charge in [0.1, 0.15) is 0 Å². The molecule has 0 saturated heterocycles. The summed E-state index contributed by atoms with van der Waals surface area (Å²) in [5, 5.41) is 0. The van der Waals surface area contributed by atoms with E-state index in [0.29, 0.717) is 13.0 Å². The number of carbonyl (C=O) groups excluding carboxylic acids is 1. The van der Waals surface area contributed by atoms with Crippen molar-refractivity contribution in [1.29, 1.82) is 0 Å². The van der Waals surface area contributed by atoms with E-state index in [1.807, 2.05) is 51.5 Å². The van der Waals surface area contributed by atoms with E-state index in [0.717, 1.165) is 16.8 Å². The molecule has 2 rings (SSSR count). The highest BCUT2D eigenvalue weighted by molar-refractivity contribution is 5.78. The van der Waals surface area contributed by atoms with Crippen LogP contribution in [0.3, 0.4) is 0 Å². The quantitative estimate of drug-likeness (QED) is 0.842. The van der Waals surface area contributed by atoms with Gasteiger partial charge in [-0.2, -0.15) is 0 Å². The van der Waals surface area contributed by atoms with Crippen LogP contribution in [0.25, 0.3) is 0 Å². The van der Waals surface area contributed by atoms with E-state index >= 15 is 0 Å².